The molecular formula is C21H20N4O4S2. The van der Waals surface area contributed by atoms with Crippen molar-refractivity contribution in [3.63, 3.8) is 0 Å². The van der Waals surface area contributed by atoms with Gasteiger partial charge in [0.2, 0.25) is 15.9 Å². The van der Waals surface area contributed by atoms with E-state index in [0.717, 1.165) is 55.0 Å². The number of hydrogen-bond acceptors (Lipinski definition) is 8. The Labute approximate surface area is 183 Å². The van der Waals surface area contributed by atoms with Crippen molar-refractivity contribution in [3.05, 3.63) is 41.6 Å². The summed E-state index contributed by atoms with van der Waals surface area (Å²) in [4.78, 5) is 13.9. The fraction of sp³-hybridized carbons (Fsp3) is 0.286. The number of methoxy groups -OCH3 is 1. The van der Waals surface area contributed by atoms with E-state index >= 15 is 0 Å². The lowest BCUT2D eigenvalue weighted by Crippen LogP contribution is -2.33. The summed E-state index contributed by atoms with van der Waals surface area (Å²) in [7, 11) is -1.69. The summed E-state index contributed by atoms with van der Waals surface area (Å²) < 4.78 is 37.6. The average molecular weight is 457 g/mol. The van der Waals surface area contributed by atoms with E-state index in [4.69, 9.17) is 14.5 Å². The molecule has 0 fully saturated rings. The van der Waals surface area contributed by atoms with Crippen LogP contribution in [0.25, 0.3) is 31.8 Å². The second kappa shape index (κ2) is 7.40. The third-order valence-electron chi connectivity index (χ3n) is 5.12. The SMILES string of the molecule is COc1cnc2c(-c3nc4ccc5c(c4s3)CC(CNS(C)(=O)=O)O5)cc(C)cc2n1. The number of nitrogens with one attached hydrogen (secondary N) is 1. The number of benzene rings is 2. The van der Waals surface area contributed by atoms with Crippen LogP contribution in [0.1, 0.15) is 11.1 Å². The number of ether oxygens (including phenoxy) is 2. The molecule has 1 unspecified atom stereocenters. The van der Waals surface area contributed by atoms with E-state index in [0.29, 0.717) is 12.3 Å². The van der Waals surface area contributed by atoms with E-state index in [2.05, 4.69) is 20.8 Å². The molecule has 2 aromatic heterocycles. The molecule has 160 valence electrons. The van der Waals surface area contributed by atoms with Crippen LogP contribution in [0.3, 0.4) is 0 Å². The van der Waals surface area contributed by atoms with Crippen LogP contribution in [0.2, 0.25) is 0 Å². The molecule has 2 aromatic carbocycles. The predicted molar refractivity (Wildman–Crippen MR) is 120 cm³/mol. The Kier molecular flexibility index (Phi) is 4.80. The topological polar surface area (TPSA) is 103 Å². The molecule has 0 saturated heterocycles. The fourth-order valence-electron chi connectivity index (χ4n) is 3.76. The molecule has 3 heterocycles. The number of fused-ring (bicyclic) bond motifs is 4. The van der Waals surface area contributed by atoms with Crippen molar-refractivity contribution in [2.45, 2.75) is 19.4 Å². The van der Waals surface area contributed by atoms with Crippen LogP contribution >= 0.6 is 11.3 Å². The fourth-order valence-corrected chi connectivity index (χ4v) is 5.38. The molecular weight excluding hydrogens is 436 g/mol. The minimum atomic E-state index is -3.26. The van der Waals surface area contributed by atoms with Gasteiger partial charge >= 0.3 is 0 Å². The molecule has 10 heteroatoms. The van der Waals surface area contributed by atoms with E-state index in [1.165, 1.54) is 0 Å². The van der Waals surface area contributed by atoms with Crippen molar-refractivity contribution in [2.24, 2.45) is 0 Å². The first-order valence-electron chi connectivity index (χ1n) is 9.66. The number of rotatable bonds is 5. The summed E-state index contributed by atoms with van der Waals surface area (Å²) in [6.07, 6.45) is 3.15. The zero-order valence-electron chi connectivity index (χ0n) is 17.2. The molecule has 1 atom stereocenters. The number of sulfonamides is 1. The van der Waals surface area contributed by atoms with Gasteiger partial charge in [-0.15, -0.1) is 11.3 Å². The molecule has 0 radical (unpaired) electrons. The van der Waals surface area contributed by atoms with Crippen LogP contribution < -0.4 is 14.2 Å². The van der Waals surface area contributed by atoms with Gasteiger partial charge in [-0.2, -0.15) is 0 Å². The lowest BCUT2D eigenvalue weighted by Gasteiger charge is -2.10. The van der Waals surface area contributed by atoms with Crippen molar-refractivity contribution in [1.29, 1.82) is 0 Å². The van der Waals surface area contributed by atoms with Crippen LogP contribution in [-0.4, -0.2) is 49.4 Å². The summed E-state index contributed by atoms with van der Waals surface area (Å²) in [6.45, 7) is 2.25. The van der Waals surface area contributed by atoms with E-state index in [9.17, 15) is 8.42 Å². The molecule has 0 bridgehead atoms. The Balaban J connectivity index is 1.56. The Morgan fingerprint density at radius 2 is 2.10 bits per heavy atom. The predicted octanol–water partition coefficient (Wildman–Crippen LogP) is 3.08. The molecule has 1 aliphatic rings. The van der Waals surface area contributed by atoms with Gasteiger partial charge in [0.25, 0.3) is 0 Å². The zero-order valence-corrected chi connectivity index (χ0v) is 18.8. The van der Waals surface area contributed by atoms with Crippen LogP contribution in [0.15, 0.2) is 30.5 Å². The standard InChI is InChI=1S/C21H20N4O4S2/c1-11-6-14(19-16(7-11)24-18(28-2)10-22-19)21-25-15-4-5-17-13(20(15)30-21)8-12(29-17)9-23-31(3,26)27/h4-7,10,12,23H,8-9H2,1-3H3. The van der Waals surface area contributed by atoms with Gasteiger partial charge < -0.3 is 9.47 Å². The van der Waals surface area contributed by atoms with Crippen molar-refractivity contribution in [3.8, 4) is 22.2 Å². The van der Waals surface area contributed by atoms with E-state index in [-0.39, 0.29) is 12.6 Å². The number of aromatic nitrogens is 3. The lowest BCUT2D eigenvalue weighted by atomic mass is 10.1. The van der Waals surface area contributed by atoms with Crippen LogP contribution in [0.5, 0.6) is 11.6 Å². The highest BCUT2D eigenvalue weighted by Crippen LogP contribution is 2.41. The lowest BCUT2D eigenvalue weighted by molar-refractivity contribution is 0.236. The van der Waals surface area contributed by atoms with Gasteiger partial charge in [-0.05, 0) is 36.8 Å². The van der Waals surface area contributed by atoms with Gasteiger partial charge in [-0.3, -0.25) is 0 Å². The molecule has 1 aliphatic heterocycles. The van der Waals surface area contributed by atoms with Crippen molar-refractivity contribution < 1.29 is 17.9 Å². The summed E-state index contributed by atoms with van der Waals surface area (Å²) in [5, 5.41) is 0.856. The molecule has 8 nitrogen and oxygen atoms in total. The second-order valence-electron chi connectivity index (χ2n) is 7.57. The first kappa shape index (κ1) is 20.1. The highest BCUT2D eigenvalue weighted by molar-refractivity contribution is 7.88. The van der Waals surface area contributed by atoms with Crippen LogP contribution in [0.4, 0.5) is 0 Å². The minimum Gasteiger partial charge on any atom is -0.488 e. The van der Waals surface area contributed by atoms with Gasteiger partial charge in [0.15, 0.2) is 0 Å². The van der Waals surface area contributed by atoms with Gasteiger partial charge in [0, 0.05) is 24.1 Å². The molecule has 5 rings (SSSR count). The van der Waals surface area contributed by atoms with Gasteiger partial charge in [0.05, 0.1) is 40.8 Å². The highest BCUT2D eigenvalue weighted by atomic mass is 32.2. The third-order valence-corrected chi connectivity index (χ3v) is 6.98. The molecule has 0 spiro atoms. The minimum absolute atomic E-state index is 0.237. The first-order valence-corrected chi connectivity index (χ1v) is 12.4. The quantitative estimate of drug-likeness (QED) is 0.492. The molecule has 0 saturated carbocycles. The van der Waals surface area contributed by atoms with Gasteiger partial charge in [-0.25, -0.2) is 28.1 Å². The Hall–Kier alpha value is -2.82. The van der Waals surface area contributed by atoms with Crippen molar-refractivity contribution in [2.75, 3.05) is 19.9 Å². The van der Waals surface area contributed by atoms with Crippen LogP contribution in [0, 0.1) is 6.92 Å². The molecule has 4 aromatic rings. The largest absolute Gasteiger partial charge is 0.488 e. The second-order valence-corrected chi connectivity index (χ2v) is 10.4. The van der Waals surface area contributed by atoms with Crippen molar-refractivity contribution in [1.82, 2.24) is 19.7 Å². The van der Waals surface area contributed by atoms with Gasteiger partial charge in [0.1, 0.15) is 16.9 Å². The maximum Gasteiger partial charge on any atom is 0.232 e. The maximum atomic E-state index is 11.4. The smallest absolute Gasteiger partial charge is 0.232 e. The number of nitrogens with zero attached hydrogens (tertiary/aromatic N) is 3. The third kappa shape index (κ3) is 3.82. The number of aryl methyl sites for hydroxylation is 1. The highest BCUT2D eigenvalue weighted by Gasteiger charge is 2.27. The first-order chi connectivity index (χ1) is 14.8. The zero-order chi connectivity index (χ0) is 21.8. The Morgan fingerprint density at radius 3 is 2.87 bits per heavy atom. The summed E-state index contributed by atoms with van der Waals surface area (Å²) in [5.41, 5.74) is 5.46. The molecule has 31 heavy (non-hydrogen) atoms. The molecule has 0 amide bonds. The Morgan fingerprint density at radius 1 is 1.26 bits per heavy atom. The molecule has 1 N–H and O–H groups in total. The van der Waals surface area contributed by atoms with E-state index < -0.39 is 10.0 Å². The average Bonchev–Trinajstić information content (AvgIpc) is 3.34. The van der Waals surface area contributed by atoms with E-state index in [1.54, 1.807) is 24.6 Å². The van der Waals surface area contributed by atoms with Gasteiger partial charge in [-0.1, -0.05) is 0 Å². The summed E-state index contributed by atoms with van der Waals surface area (Å²) in [6, 6.07) is 7.89. The Bertz CT molecular complexity index is 1430. The number of hydrogen-bond donors (Lipinski definition) is 1. The monoisotopic (exact) mass is 456 g/mol. The number of thiazole rings is 1. The van der Waals surface area contributed by atoms with E-state index in [1.807, 2.05) is 25.1 Å². The maximum absolute atomic E-state index is 11.4. The molecule has 0 aliphatic carbocycles. The van der Waals surface area contributed by atoms with Crippen LogP contribution in [-0.2, 0) is 16.4 Å². The summed E-state index contributed by atoms with van der Waals surface area (Å²) in [5.74, 6) is 1.25. The summed E-state index contributed by atoms with van der Waals surface area (Å²) >= 11 is 1.59. The van der Waals surface area contributed by atoms with Crippen molar-refractivity contribution >= 4 is 42.6 Å². The normalized spacial score (nSPS) is 15.9.